The Morgan fingerprint density at radius 1 is 0.389 bits per heavy atom. The van der Waals surface area contributed by atoms with Gasteiger partial charge in [0.25, 0.3) is 0 Å². The highest BCUT2D eigenvalue weighted by atomic mass is 14.4. The predicted octanol–water partition coefficient (Wildman–Crippen LogP) is 28.2. The Hall–Kier alpha value is -1.04. The average molecular weight is 1020 g/mol. The van der Waals surface area contributed by atoms with E-state index in [0.29, 0.717) is 27.1 Å². The molecule has 1 aromatic carbocycles. The zero-order valence-corrected chi connectivity index (χ0v) is 59.2. The summed E-state index contributed by atoms with van der Waals surface area (Å²) >= 11 is 0. The van der Waals surface area contributed by atoms with E-state index in [1.54, 1.807) is 6.08 Å². The van der Waals surface area contributed by atoms with Gasteiger partial charge in [-0.1, -0.05) is 338 Å². The van der Waals surface area contributed by atoms with Gasteiger partial charge in [0.15, 0.2) is 0 Å². The Labute approximate surface area is 468 Å². The minimum Gasteiger partial charge on any atom is -0.103 e. The monoisotopic (exact) mass is 1020 g/mol. The smallest absolute Gasteiger partial charge is 0.0132 e. The van der Waals surface area contributed by atoms with Crippen LogP contribution in [0, 0.1) is 57.2 Å². The van der Waals surface area contributed by atoms with Crippen LogP contribution >= 0.6 is 0 Å². The van der Waals surface area contributed by atoms with Gasteiger partial charge < -0.3 is 0 Å². The Kier molecular flexibility index (Phi) is 88.6. The van der Waals surface area contributed by atoms with Crippen molar-refractivity contribution < 1.29 is 0 Å². The molecule has 0 saturated heterocycles. The first-order valence-corrected chi connectivity index (χ1v) is 32.1. The average Bonchev–Trinajstić information content (AvgIpc) is 4.06. The molecule has 0 atom stereocenters. The Balaban J connectivity index is -0.0000000641. The van der Waals surface area contributed by atoms with Gasteiger partial charge in [-0.15, -0.1) is 6.58 Å². The lowest BCUT2D eigenvalue weighted by Crippen LogP contribution is -2.26. The normalized spacial score (nSPS) is 14.4. The SMILES string of the molecule is C=CC.CC.CC.CC.CC.CC.CC.CC.CC.CC(C)(C)C1CC1.CC(C)(C)C1CCC1.CC(C)(C)C1CCCC1.CC(C)(C)C1CCCCC1.CC(C)(C)c1ccccc1.CC(C)C.CCC(C)C. The van der Waals surface area contributed by atoms with Crippen molar-refractivity contribution in [1.29, 1.82) is 0 Å². The first kappa shape index (κ1) is 96.6. The summed E-state index contributed by atoms with van der Waals surface area (Å²) in [4.78, 5) is 0. The zero-order valence-electron chi connectivity index (χ0n) is 59.2. The summed E-state index contributed by atoms with van der Waals surface area (Å²) < 4.78 is 0. The molecule has 446 valence electrons. The van der Waals surface area contributed by atoms with Crippen LogP contribution in [0.1, 0.15) is 365 Å². The van der Waals surface area contributed by atoms with Gasteiger partial charge in [0.05, 0.1) is 0 Å². The van der Waals surface area contributed by atoms with Gasteiger partial charge in [-0.25, -0.2) is 0 Å². The van der Waals surface area contributed by atoms with Crippen LogP contribution in [0.15, 0.2) is 43.0 Å². The summed E-state index contributed by atoms with van der Waals surface area (Å²) in [7, 11) is 0. The second-order valence-electron chi connectivity index (χ2n) is 24.2. The summed E-state index contributed by atoms with van der Waals surface area (Å²) in [6.45, 7) is 85.3. The highest BCUT2D eigenvalue weighted by molar-refractivity contribution is 5.22. The Morgan fingerprint density at radius 2 is 0.569 bits per heavy atom. The number of hydrogen-bond donors (Lipinski definition) is 0. The molecule has 4 saturated carbocycles. The van der Waals surface area contributed by atoms with Gasteiger partial charge in [0.2, 0.25) is 0 Å². The summed E-state index contributed by atoms with van der Waals surface area (Å²) in [5.74, 6) is 5.81. The van der Waals surface area contributed by atoms with Gasteiger partial charge in [-0.2, -0.15) is 0 Å². The molecule has 0 heteroatoms. The molecule has 4 fully saturated rings. The minimum atomic E-state index is 0.293. The molecule has 0 N–H and O–H groups in total. The molecule has 0 unspecified atom stereocenters. The zero-order chi connectivity index (χ0) is 60.4. The summed E-state index contributed by atoms with van der Waals surface area (Å²) in [6, 6.07) is 10.6. The minimum absolute atomic E-state index is 0.293. The van der Waals surface area contributed by atoms with E-state index in [1.807, 2.05) is 118 Å². The van der Waals surface area contributed by atoms with Crippen LogP contribution in [-0.2, 0) is 5.41 Å². The van der Waals surface area contributed by atoms with Gasteiger partial charge in [0.1, 0.15) is 0 Å². The quantitative estimate of drug-likeness (QED) is 0.246. The fourth-order valence-electron chi connectivity index (χ4n) is 6.92. The van der Waals surface area contributed by atoms with Crippen molar-refractivity contribution in [2.24, 2.45) is 57.2 Å². The molecule has 72 heavy (non-hydrogen) atoms. The third kappa shape index (κ3) is 80.3. The molecular weight excluding hydrogens is 865 g/mol. The number of hydrogen-bond acceptors (Lipinski definition) is 0. The van der Waals surface area contributed by atoms with Gasteiger partial charge in [-0.05, 0) is 126 Å². The standard InChI is InChI=1S/C10H20.C10H14.C9H18.C8H16.C7H14.C5H12.C4H10.C3H6.8C2H6/c2*1-10(2,3)9-7-5-4-6-8-9;1-9(2,3)8-6-4-5-7-8;1-8(2,3)7-5-4-6-7;1-7(2,3)6-4-5-6;1-4-5(2)3;1-4(2)3;1-3-2;8*1-2/h9H,4-8H2,1-3H3;4-8H,1-3H3;8H,4-7H2,1-3H3;7H,4-6H2,1-3H3;6H,4-5H2,1-3H3;5H,4H2,1-3H3;4H,1-3H3;3H,1H2,2H3;8*1-2H3. The molecule has 4 aliphatic carbocycles. The van der Waals surface area contributed by atoms with Crippen molar-refractivity contribution in [2.75, 3.05) is 0 Å². The first-order chi connectivity index (χ1) is 33.4. The third-order valence-corrected chi connectivity index (χ3v) is 12.0. The summed E-state index contributed by atoms with van der Waals surface area (Å²) in [6.07, 6.45) is 23.7. The van der Waals surface area contributed by atoms with Gasteiger partial charge in [0, 0.05) is 0 Å². The molecular formula is C72H158. The molecule has 0 spiro atoms. The van der Waals surface area contributed by atoms with E-state index < -0.39 is 0 Å². The van der Waals surface area contributed by atoms with Crippen LogP contribution in [0.4, 0.5) is 0 Å². The van der Waals surface area contributed by atoms with Crippen molar-refractivity contribution in [3.05, 3.63) is 48.6 Å². The lowest BCUT2D eigenvalue weighted by atomic mass is 9.69. The third-order valence-electron chi connectivity index (χ3n) is 12.0. The molecule has 4 aliphatic rings. The topological polar surface area (TPSA) is 0 Å². The van der Waals surface area contributed by atoms with Crippen molar-refractivity contribution in [3.63, 3.8) is 0 Å². The molecule has 0 radical (unpaired) electrons. The largest absolute Gasteiger partial charge is 0.103 e. The number of benzene rings is 1. The fourth-order valence-corrected chi connectivity index (χ4v) is 6.92. The predicted molar refractivity (Wildman–Crippen MR) is 354 cm³/mol. The molecule has 0 aromatic heterocycles. The molecule has 0 nitrogen and oxygen atoms in total. The maximum atomic E-state index is 3.36. The Morgan fingerprint density at radius 3 is 0.667 bits per heavy atom. The maximum absolute atomic E-state index is 3.36. The van der Waals surface area contributed by atoms with Gasteiger partial charge >= 0.3 is 0 Å². The molecule has 0 aliphatic heterocycles. The van der Waals surface area contributed by atoms with Crippen LogP contribution in [0.2, 0.25) is 0 Å². The molecule has 1 aromatic rings. The van der Waals surface area contributed by atoms with Crippen molar-refractivity contribution >= 4 is 0 Å². The highest BCUT2D eigenvalue weighted by Crippen LogP contribution is 2.44. The molecule has 5 rings (SSSR count). The van der Waals surface area contributed by atoms with Crippen molar-refractivity contribution in [3.8, 4) is 0 Å². The van der Waals surface area contributed by atoms with E-state index >= 15 is 0 Å². The lowest BCUT2D eigenvalue weighted by molar-refractivity contribution is 0.141. The van der Waals surface area contributed by atoms with Crippen molar-refractivity contribution in [2.45, 2.75) is 365 Å². The molecule has 0 heterocycles. The first-order valence-electron chi connectivity index (χ1n) is 32.1. The lowest BCUT2D eigenvalue weighted by Gasteiger charge is -2.37. The van der Waals surface area contributed by atoms with E-state index in [0.717, 1.165) is 35.5 Å². The van der Waals surface area contributed by atoms with Crippen LogP contribution in [-0.4, -0.2) is 0 Å². The maximum Gasteiger partial charge on any atom is -0.0132 e. The molecule has 0 amide bonds. The van der Waals surface area contributed by atoms with Crippen LogP contribution < -0.4 is 0 Å². The number of rotatable bonds is 1. The highest BCUT2D eigenvalue weighted by Gasteiger charge is 2.33. The Bertz CT molecular complexity index is 981. The van der Waals surface area contributed by atoms with E-state index in [-0.39, 0.29) is 0 Å². The van der Waals surface area contributed by atoms with Crippen LogP contribution in [0.3, 0.4) is 0 Å². The van der Waals surface area contributed by atoms with Gasteiger partial charge in [-0.3, -0.25) is 0 Å². The summed E-state index contributed by atoms with van der Waals surface area (Å²) in [5, 5.41) is 0. The van der Waals surface area contributed by atoms with E-state index in [4.69, 9.17) is 0 Å². The second-order valence-corrected chi connectivity index (χ2v) is 24.2. The van der Waals surface area contributed by atoms with E-state index in [9.17, 15) is 0 Å². The number of allylic oxidation sites excluding steroid dienone is 1. The molecule has 0 bridgehead atoms. The van der Waals surface area contributed by atoms with E-state index in [1.165, 1.54) is 102 Å². The van der Waals surface area contributed by atoms with E-state index in [2.05, 4.69) is 182 Å². The van der Waals surface area contributed by atoms with Crippen LogP contribution in [0.25, 0.3) is 0 Å². The second kappa shape index (κ2) is 66.1. The van der Waals surface area contributed by atoms with Crippen molar-refractivity contribution in [1.82, 2.24) is 0 Å². The van der Waals surface area contributed by atoms with Crippen LogP contribution in [0.5, 0.6) is 0 Å². The summed E-state index contributed by atoms with van der Waals surface area (Å²) in [5.41, 5.74) is 4.05. The fraction of sp³-hybridized carbons (Fsp3) is 0.889.